The van der Waals surface area contributed by atoms with Crippen molar-refractivity contribution < 1.29 is 0 Å². The first-order valence-electron chi connectivity index (χ1n) is 10.7. The lowest BCUT2D eigenvalue weighted by Gasteiger charge is -2.13. The van der Waals surface area contributed by atoms with Crippen LogP contribution in [0.3, 0.4) is 0 Å². The summed E-state index contributed by atoms with van der Waals surface area (Å²) in [7, 11) is 0. The minimum atomic E-state index is 0.826. The number of allylic oxidation sites excluding steroid dienone is 1. The van der Waals surface area contributed by atoms with Gasteiger partial charge in [0.25, 0.3) is 0 Å². The number of thiophene rings is 1. The van der Waals surface area contributed by atoms with Gasteiger partial charge in [-0.05, 0) is 67.4 Å². The third-order valence-corrected chi connectivity index (χ3v) is 7.12. The molecule has 7 heteroatoms. The lowest BCUT2D eigenvalue weighted by molar-refractivity contribution is 0.737. The molecule has 1 aliphatic heterocycles. The molecule has 5 aromatic rings. The number of nitrogens with zero attached hydrogens (tertiary/aromatic N) is 3. The Morgan fingerprint density at radius 1 is 1.09 bits per heavy atom. The molecule has 158 valence electrons. The third kappa shape index (κ3) is 3.18. The lowest BCUT2D eigenvalue weighted by Crippen LogP contribution is -2.20. The molecule has 0 fully saturated rings. The number of aromatic amines is 2. The van der Waals surface area contributed by atoms with E-state index in [-0.39, 0.29) is 0 Å². The Morgan fingerprint density at radius 2 is 2.03 bits per heavy atom. The van der Waals surface area contributed by atoms with Crippen LogP contribution in [-0.4, -0.2) is 38.2 Å². The standard InChI is InChI=1S/C25H22N6S/c1-14(2)21-5-6-22(32-21)23-16-13-20(28-18(16)9-12-27-23)25-24-19(30-31-25)4-3-17(29-24)15-7-10-26-11-8-15/h3-7,9,12-13,26,28H,1,8,10-11H2,2H3,(H,30,31). The van der Waals surface area contributed by atoms with Crippen molar-refractivity contribution in [2.24, 2.45) is 0 Å². The molecule has 0 aliphatic carbocycles. The van der Waals surface area contributed by atoms with Crippen LogP contribution in [0.5, 0.6) is 0 Å². The van der Waals surface area contributed by atoms with Gasteiger partial charge in [0.05, 0.1) is 27.5 Å². The summed E-state index contributed by atoms with van der Waals surface area (Å²) in [4.78, 5) is 15.5. The van der Waals surface area contributed by atoms with Crippen molar-refractivity contribution >= 4 is 44.4 Å². The molecule has 0 atom stereocenters. The van der Waals surface area contributed by atoms with Crippen LogP contribution >= 0.6 is 11.3 Å². The zero-order valence-electron chi connectivity index (χ0n) is 17.7. The Balaban J connectivity index is 1.47. The average molecular weight is 439 g/mol. The zero-order chi connectivity index (χ0) is 21.7. The maximum atomic E-state index is 4.98. The smallest absolute Gasteiger partial charge is 0.135 e. The minimum absolute atomic E-state index is 0.826. The van der Waals surface area contributed by atoms with Crippen LogP contribution in [0.1, 0.15) is 23.9 Å². The van der Waals surface area contributed by atoms with Gasteiger partial charge < -0.3 is 10.3 Å². The van der Waals surface area contributed by atoms with Crippen molar-refractivity contribution in [1.29, 1.82) is 0 Å². The molecule has 0 unspecified atom stereocenters. The quantitative estimate of drug-likeness (QED) is 0.339. The molecule has 0 bridgehead atoms. The number of pyridine rings is 2. The van der Waals surface area contributed by atoms with Crippen LogP contribution in [-0.2, 0) is 0 Å². The van der Waals surface area contributed by atoms with E-state index in [9.17, 15) is 0 Å². The minimum Gasteiger partial charge on any atom is -0.353 e. The highest BCUT2D eigenvalue weighted by atomic mass is 32.1. The van der Waals surface area contributed by atoms with E-state index in [0.717, 1.165) is 74.7 Å². The number of hydrogen-bond donors (Lipinski definition) is 3. The Kier molecular flexibility index (Phi) is 4.52. The predicted octanol–water partition coefficient (Wildman–Crippen LogP) is 5.64. The molecule has 32 heavy (non-hydrogen) atoms. The van der Waals surface area contributed by atoms with Crippen molar-refractivity contribution in [2.75, 3.05) is 13.1 Å². The fourth-order valence-electron chi connectivity index (χ4n) is 4.19. The maximum Gasteiger partial charge on any atom is 0.135 e. The van der Waals surface area contributed by atoms with Crippen LogP contribution in [0.4, 0.5) is 0 Å². The van der Waals surface area contributed by atoms with Gasteiger partial charge in [-0.15, -0.1) is 11.3 Å². The molecule has 0 radical (unpaired) electrons. The van der Waals surface area contributed by atoms with Gasteiger partial charge in [-0.3, -0.25) is 10.1 Å². The van der Waals surface area contributed by atoms with Crippen molar-refractivity contribution in [3.05, 3.63) is 65.8 Å². The average Bonchev–Trinajstić information content (AvgIpc) is 3.56. The third-order valence-electron chi connectivity index (χ3n) is 5.86. The molecule has 6 rings (SSSR count). The summed E-state index contributed by atoms with van der Waals surface area (Å²) in [6.07, 6.45) is 5.05. The number of aromatic nitrogens is 5. The molecule has 0 aromatic carbocycles. The van der Waals surface area contributed by atoms with Gasteiger partial charge in [0.15, 0.2) is 0 Å². The van der Waals surface area contributed by atoms with E-state index in [1.54, 1.807) is 11.3 Å². The van der Waals surface area contributed by atoms with Crippen molar-refractivity contribution in [3.8, 4) is 22.0 Å². The molecule has 3 N–H and O–H groups in total. The Morgan fingerprint density at radius 3 is 2.84 bits per heavy atom. The summed E-state index contributed by atoms with van der Waals surface area (Å²) in [5.74, 6) is 0. The number of fused-ring (bicyclic) bond motifs is 2. The molecule has 1 aliphatic rings. The normalized spacial score (nSPS) is 14.2. The second kappa shape index (κ2) is 7.55. The van der Waals surface area contributed by atoms with Gasteiger partial charge in [0.1, 0.15) is 11.2 Å². The largest absolute Gasteiger partial charge is 0.353 e. The molecule has 0 saturated heterocycles. The van der Waals surface area contributed by atoms with Gasteiger partial charge in [0.2, 0.25) is 0 Å². The fraction of sp³-hybridized carbons (Fsp3) is 0.160. The highest BCUT2D eigenvalue weighted by Gasteiger charge is 2.17. The topological polar surface area (TPSA) is 82.3 Å². The molecule has 5 aromatic heterocycles. The summed E-state index contributed by atoms with van der Waals surface area (Å²) >= 11 is 1.71. The molecule has 0 amide bonds. The Labute approximate surface area is 189 Å². The van der Waals surface area contributed by atoms with Crippen LogP contribution < -0.4 is 5.32 Å². The van der Waals surface area contributed by atoms with Crippen LogP contribution in [0.25, 0.3) is 55.0 Å². The molecule has 6 heterocycles. The molecular weight excluding hydrogens is 416 g/mol. The van der Waals surface area contributed by atoms with Crippen LogP contribution in [0, 0.1) is 0 Å². The number of H-pyrrole nitrogens is 2. The van der Waals surface area contributed by atoms with Crippen LogP contribution in [0.2, 0.25) is 0 Å². The summed E-state index contributed by atoms with van der Waals surface area (Å²) < 4.78 is 0. The van der Waals surface area contributed by atoms with E-state index in [4.69, 9.17) is 4.98 Å². The molecule has 0 saturated carbocycles. The van der Waals surface area contributed by atoms with Gasteiger partial charge in [-0.2, -0.15) is 5.10 Å². The van der Waals surface area contributed by atoms with E-state index < -0.39 is 0 Å². The summed E-state index contributed by atoms with van der Waals surface area (Å²) in [5.41, 5.74) is 8.94. The summed E-state index contributed by atoms with van der Waals surface area (Å²) in [6, 6.07) is 12.5. The first kappa shape index (κ1) is 19.2. The van der Waals surface area contributed by atoms with Gasteiger partial charge in [-0.1, -0.05) is 12.7 Å². The monoisotopic (exact) mass is 438 g/mol. The van der Waals surface area contributed by atoms with E-state index in [0.29, 0.717) is 0 Å². The molecule has 6 nitrogen and oxygen atoms in total. The highest BCUT2D eigenvalue weighted by molar-refractivity contribution is 7.16. The van der Waals surface area contributed by atoms with Crippen molar-refractivity contribution in [1.82, 2.24) is 30.5 Å². The fourth-order valence-corrected chi connectivity index (χ4v) is 5.14. The molecule has 0 spiro atoms. The number of nitrogens with one attached hydrogen (secondary N) is 3. The van der Waals surface area contributed by atoms with E-state index >= 15 is 0 Å². The first-order valence-corrected chi connectivity index (χ1v) is 11.5. The van der Waals surface area contributed by atoms with Crippen LogP contribution in [0.15, 0.2) is 55.3 Å². The second-order valence-electron chi connectivity index (χ2n) is 8.10. The van der Waals surface area contributed by atoms with Crippen molar-refractivity contribution in [2.45, 2.75) is 13.3 Å². The summed E-state index contributed by atoms with van der Waals surface area (Å²) in [5, 5.41) is 12.2. The van der Waals surface area contributed by atoms with Gasteiger partial charge in [0, 0.05) is 28.5 Å². The lowest BCUT2D eigenvalue weighted by atomic mass is 10.0. The van der Waals surface area contributed by atoms with E-state index in [1.807, 2.05) is 19.2 Å². The summed E-state index contributed by atoms with van der Waals surface area (Å²) in [6.45, 7) is 7.96. The van der Waals surface area contributed by atoms with E-state index in [1.165, 1.54) is 10.5 Å². The molecular formula is C25H22N6S. The van der Waals surface area contributed by atoms with Gasteiger partial charge >= 0.3 is 0 Å². The highest BCUT2D eigenvalue weighted by Crippen LogP contribution is 2.36. The number of hydrogen-bond acceptors (Lipinski definition) is 5. The second-order valence-corrected chi connectivity index (χ2v) is 9.18. The zero-order valence-corrected chi connectivity index (χ0v) is 18.5. The first-order chi connectivity index (χ1) is 15.7. The predicted molar refractivity (Wildman–Crippen MR) is 132 cm³/mol. The number of rotatable bonds is 4. The van der Waals surface area contributed by atoms with Crippen molar-refractivity contribution in [3.63, 3.8) is 0 Å². The maximum absolute atomic E-state index is 4.98. The van der Waals surface area contributed by atoms with E-state index in [2.05, 4.69) is 68.5 Å². The SMILES string of the molecule is C=C(C)c1ccc(-c2nccc3[nH]c(-c4n[nH]c5ccc(C6=CCNCC6)nc45)cc23)s1. The van der Waals surface area contributed by atoms with Gasteiger partial charge in [-0.25, -0.2) is 4.98 Å². The Bertz CT molecular complexity index is 1520. The Hall–Kier alpha value is -3.55.